The topological polar surface area (TPSA) is 46.2 Å². The van der Waals surface area contributed by atoms with Crippen molar-refractivity contribution in [3.63, 3.8) is 0 Å². The van der Waals surface area contributed by atoms with Crippen molar-refractivity contribution in [2.45, 2.75) is 6.42 Å². The van der Waals surface area contributed by atoms with Crippen LogP contribution < -0.4 is 5.32 Å². The summed E-state index contributed by atoms with van der Waals surface area (Å²) in [6.07, 6.45) is 0.766. The maximum Gasteiger partial charge on any atom is 0.163 e. The SMILES string of the molecule is O=S1(=O)CCCNC1. The maximum atomic E-state index is 10.6. The van der Waals surface area contributed by atoms with E-state index in [1.807, 2.05) is 0 Å². The van der Waals surface area contributed by atoms with Crippen LogP contribution in [0.15, 0.2) is 0 Å². The molecule has 1 heterocycles. The molecule has 0 amide bonds. The predicted molar refractivity (Wildman–Crippen MR) is 31.3 cm³/mol. The van der Waals surface area contributed by atoms with Gasteiger partial charge >= 0.3 is 0 Å². The van der Waals surface area contributed by atoms with Crippen LogP contribution in [-0.2, 0) is 9.84 Å². The normalized spacial score (nSPS) is 27.5. The molecule has 0 atom stereocenters. The van der Waals surface area contributed by atoms with E-state index >= 15 is 0 Å². The molecule has 1 aliphatic heterocycles. The van der Waals surface area contributed by atoms with E-state index < -0.39 is 9.84 Å². The lowest BCUT2D eigenvalue weighted by Crippen LogP contribution is -2.32. The summed E-state index contributed by atoms with van der Waals surface area (Å²) in [6, 6.07) is 0. The maximum absolute atomic E-state index is 10.6. The molecular weight excluding hydrogens is 126 g/mol. The van der Waals surface area contributed by atoms with Gasteiger partial charge in [-0.3, -0.25) is 0 Å². The third-order valence-corrected chi connectivity index (χ3v) is 2.69. The Morgan fingerprint density at radius 2 is 2.12 bits per heavy atom. The standard InChI is InChI=1S/C4H9NO2S/c6-8(7)3-1-2-5-4-8/h5H,1-4H2. The van der Waals surface area contributed by atoms with Gasteiger partial charge in [-0.05, 0) is 13.0 Å². The first-order valence-electron chi connectivity index (χ1n) is 2.62. The molecule has 0 radical (unpaired) electrons. The summed E-state index contributed by atoms with van der Waals surface area (Å²) in [6.45, 7) is 0.846. The van der Waals surface area contributed by atoms with Crippen LogP contribution in [0.1, 0.15) is 6.42 Å². The molecule has 0 bridgehead atoms. The summed E-state index contributed by atoms with van der Waals surface area (Å²) >= 11 is 0. The molecule has 1 N–H and O–H groups in total. The van der Waals surface area contributed by atoms with E-state index in [4.69, 9.17) is 0 Å². The van der Waals surface area contributed by atoms with Crippen molar-refractivity contribution in [1.29, 1.82) is 0 Å². The highest BCUT2D eigenvalue weighted by Crippen LogP contribution is 1.95. The van der Waals surface area contributed by atoms with Gasteiger partial charge in [0.05, 0.1) is 11.6 Å². The second kappa shape index (κ2) is 2.03. The summed E-state index contributed by atoms with van der Waals surface area (Å²) in [5, 5.41) is 2.79. The average Bonchev–Trinajstić information content (AvgIpc) is 1.65. The van der Waals surface area contributed by atoms with Crippen LogP contribution in [0.25, 0.3) is 0 Å². The number of rotatable bonds is 0. The van der Waals surface area contributed by atoms with Gasteiger partial charge in [-0.15, -0.1) is 0 Å². The van der Waals surface area contributed by atoms with Crippen LogP contribution in [0.4, 0.5) is 0 Å². The zero-order valence-corrected chi connectivity index (χ0v) is 5.37. The first-order chi connectivity index (χ1) is 3.71. The molecule has 1 rings (SSSR count). The van der Waals surface area contributed by atoms with E-state index in [-0.39, 0.29) is 5.88 Å². The summed E-state index contributed by atoms with van der Waals surface area (Å²) in [5.74, 6) is 0.535. The van der Waals surface area contributed by atoms with Crippen molar-refractivity contribution in [2.24, 2.45) is 0 Å². The second-order valence-corrected chi connectivity index (χ2v) is 4.13. The van der Waals surface area contributed by atoms with Crippen LogP contribution in [0, 0.1) is 0 Å². The van der Waals surface area contributed by atoms with Crippen LogP contribution in [0.2, 0.25) is 0 Å². The lowest BCUT2D eigenvalue weighted by molar-refractivity contribution is 0.569. The van der Waals surface area contributed by atoms with E-state index in [1.54, 1.807) is 0 Å². The van der Waals surface area contributed by atoms with Crippen molar-refractivity contribution in [3.05, 3.63) is 0 Å². The van der Waals surface area contributed by atoms with E-state index in [2.05, 4.69) is 5.32 Å². The smallest absolute Gasteiger partial charge is 0.163 e. The quantitative estimate of drug-likeness (QED) is 0.480. The van der Waals surface area contributed by atoms with Crippen molar-refractivity contribution >= 4 is 9.84 Å². The highest BCUT2D eigenvalue weighted by atomic mass is 32.2. The second-order valence-electron chi connectivity index (χ2n) is 1.95. The molecule has 48 valence electrons. The average molecular weight is 135 g/mol. The van der Waals surface area contributed by atoms with Gasteiger partial charge in [0.1, 0.15) is 0 Å². The first-order valence-corrected chi connectivity index (χ1v) is 4.44. The minimum absolute atomic E-state index is 0.174. The molecule has 0 aliphatic carbocycles. The van der Waals surface area contributed by atoms with Gasteiger partial charge < -0.3 is 5.32 Å². The molecule has 1 saturated heterocycles. The van der Waals surface area contributed by atoms with Gasteiger partial charge in [-0.25, -0.2) is 8.42 Å². The molecular formula is C4H9NO2S. The van der Waals surface area contributed by atoms with Crippen molar-refractivity contribution < 1.29 is 8.42 Å². The molecule has 1 aliphatic rings. The Hall–Kier alpha value is -0.0900. The predicted octanol–water partition coefficient (Wildman–Crippen LogP) is -0.648. The zero-order chi connectivity index (χ0) is 6.04. The zero-order valence-electron chi connectivity index (χ0n) is 4.55. The molecule has 8 heavy (non-hydrogen) atoms. The largest absolute Gasteiger partial charge is 0.304 e. The van der Waals surface area contributed by atoms with Crippen molar-refractivity contribution in [3.8, 4) is 0 Å². The third kappa shape index (κ3) is 1.45. The molecule has 3 nitrogen and oxygen atoms in total. The van der Waals surface area contributed by atoms with Crippen LogP contribution in [0.3, 0.4) is 0 Å². The van der Waals surface area contributed by atoms with Gasteiger partial charge in [-0.2, -0.15) is 0 Å². The number of sulfone groups is 1. The Morgan fingerprint density at radius 3 is 2.38 bits per heavy atom. The monoisotopic (exact) mass is 135 g/mol. The van der Waals surface area contributed by atoms with Gasteiger partial charge in [0.2, 0.25) is 0 Å². The fourth-order valence-electron chi connectivity index (χ4n) is 0.717. The Kier molecular flexibility index (Phi) is 1.53. The van der Waals surface area contributed by atoms with Gasteiger partial charge in [-0.1, -0.05) is 0 Å². The summed E-state index contributed by atoms with van der Waals surface area (Å²) in [4.78, 5) is 0. The van der Waals surface area contributed by atoms with Crippen LogP contribution >= 0.6 is 0 Å². The fraction of sp³-hybridized carbons (Fsp3) is 1.00. The Labute approximate surface area is 49.0 Å². The molecule has 0 aromatic rings. The lowest BCUT2D eigenvalue weighted by atomic mass is 10.5. The Bertz CT molecular complexity index is 149. The van der Waals surface area contributed by atoms with E-state index in [1.165, 1.54) is 0 Å². The van der Waals surface area contributed by atoms with Crippen LogP contribution in [0.5, 0.6) is 0 Å². The molecule has 0 aromatic heterocycles. The number of nitrogens with one attached hydrogen (secondary N) is 1. The van der Waals surface area contributed by atoms with Crippen molar-refractivity contribution in [2.75, 3.05) is 18.2 Å². The van der Waals surface area contributed by atoms with E-state index in [0.29, 0.717) is 5.75 Å². The summed E-state index contributed by atoms with van der Waals surface area (Å²) < 4.78 is 21.2. The Morgan fingerprint density at radius 1 is 1.38 bits per heavy atom. The fourth-order valence-corrected chi connectivity index (χ4v) is 1.90. The molecule has 0 unspecified atom stereocenters. The molecule has 0 saturated carbocycles. The van der Waals surface area contributed by atoms with E-state index in [0.717, 1.165) is 13.0 Å². The van der Waals surface area contributed by atoms with E-state index in [9.17, 15) is 8.42 Å². The number of hydrogen-bond acceptors (Lipinski definition) is 3. The van der Waals surface area contributed by atoms with Gasteiger partial charge in [0.25, 0.3) is 0 Å². The number of hydrogen-bond donors (Lipinski definition) is 1. The summed E-state index contributed by atoms with van der Waals surface area (Å²) in [5.41, 5.74) is 0. The van der Waals surface area contributed by atoms with Gasteiger partial charge in [0, 0.05) is 0 Å². The molecule has 0 aromatic carbocycles. The summed E-state index contributed by atoms with van der Waals surface area (Å²) in [7, 11) is -2.69. The highest BCUT2D eigenvalue weighted by Gasteiger charge is 2.13. The lowest BCUT2D eigenvalue weighted by Gasteiger charge is -2.10. The molecule has 4 heteroatoms. The minimum Gasteiger partial charge on any atom is -0.304 e. The first kappa shape index (κ1) is 6.04. The molecule has 1 fully saturated rings. The minimum atomic E-state index is -2.69. The third-order valence-electron chi connectivity index (χ3n) is 1.13. The van der Waals surface area contributed by atoms with Gasteiger partial charge in [0.15, 0.2) is 9.84 Å². The Balaban J connectivity index is 2.58. The highest BCUT2D eigenvalue weighted by molar-refractivity contribution is 7.91. The van der Waals surface area contributed by atoms with Crippen molar-refractivity contribution in [1.82, 2.24) is 5.32 Å². The van der Waals surface area contributed by atoms with Crippen LogP contribution in [-0.4, -0.2) is 26.6 Å². The molecule has 0 spiro atoms.